The highest BCUT2D eigenvalue weighted by molar-refractivity contribution is 7.99. The zero-order valence-corrected chi connectivity index (χ0v) is 19.4. The molecule has 1 aromatic rings. The molecule has 3 aliphatic heterocycles. The number of aromatic nitrogens is 1. The number of morpholine rings is 1. The molecule has 0 aromatic carbocycles. The molecule has 3 unspecified atom stereocenters. The van der Waals surface area contributed by atoms with Crippen LogP contribution in [0.1, 0.15) is 37.2 Å². The first-order valence-electron chi connectivity index (χ1n) is 10.8. The van der Waals surface area contributed by atoms with E-state index in [0.717, 1.165) is 44.0 Å². The lowest BCUT2D eigenvalue weighted by Crippen LogP contribution is -2.51. The van der Waals surface area contributed by atoms with Crippen LogP contribution >= 0.6 is 11.8 Å². The second-order valence-electron chi connectivity index (χ2n) is 8.54. The summed E-state index contributed by atoms with van der Waals surface area (Å²) >= 11 is 1.76. The van der Waals surface area contributed by atoms with Crippen molar-refractivity contribution in [3.05, 3.63) is 18.0 Å². The van der Waals surface area contributed by atoms with Crippen LogP contribution in [-0.4, -0.2) is 102 Å². The van der Waals surface area contributed by atoms with Crippen molar-refractivity contribution in [3.63, 3.8) is 0 Å². The van der Waals surface area contributed by atoms with Crippen molar-refractivity contribution in [2.24, 2.45) is 0 Å². The number of aromatic amines is 1. The Labute approximate surface area is 183 Å². The minimum Gasteiger partial charge on any atom is -0.373 e. The van der Waals surface area contributed by atoms with Gasteiger partial charge in [-0.05, 0) is 32.8 Å². The van der Waals surface area contributed by atoms with E-state index in [2.05, 4.69) is 23.7 Å². The molecule has 10 heteroatoms. The van der Waals surface area contributed by atoms with E-state index in [-0.39, 0.29) is 29.1 Å². The number of rotatable bonds is 5. The number of carbonyl (C=O) groups excluding carboxylic acids is 1. The fourth-order valence-electron chi connectivity index (χ4n) is 4.76. The summed E-state index contributed by atoms with van der Waals surface area (Å²) in [6.07, 6.45) is 3.81. The number of ether oxygens (including phenoxy) is 1. The number of carbonyl (C=O) groups is 1. The largest absolute Gasteiger partial charge is 0.373 e. The summed E-state index contributed by atoms with van der Waals surface area (Å²) in [7, 11) is -3.55. The van der Waals surface area contributed by atoms with Crippen molar-refractivity contribution < 1.29 is 17.9 Å². The Bertz CT molecular complexity index is 843. The summed E-state index contributed by atoms with van der Waals surface area (Å²) in [5.41, 5.74) is 0.357. The summed E-state index contributed by atoms with van der Waals surface area (Å²) in [5, 5.41) is 0. The van der Waals surface area contributed by atoms with Gasteiger partial charge in [-0.2, -0.15) is 16.1 Å². The number of nitrogens with zero attached hydrogens (tertiary/aromatic N) is 3. The normalized spacial score (nSPS) is 29.4. The molecule has 1 amide bonds. The molecule has 3 atom stereocenters. The molecule has 0 bridgehead atoms. The highest BCUT2D eigenvalue weighted by Crippen LogP contribution is 2.25. The first-order valence-corrected chi connectivity index (χ1v) is 13.4. The molecule has 4 rings (SSSR count). The standard InChI is InChI=1S/C20H32N4O4S2/c1-15-12-22(13-16(2)28-15)14-17-4-3-5-24(17)20(25)19-10-18(11-21-19)30(26,27)23-6-8-29-9-7-23/h10-11,15-17,21H,3-9,12-14H2,1-2H3. The van der Waals surface area contributed by atoms with Crippen molar-refractivity contribution in [2.75, 3.05) is 50.8 Å². The summed E-state index contributed by atoms with van der Waals surface area (Å²) < 4.78 is 33.1. The monoisotopic (exact) mass is 456 g/mol. The average molecular weight is 457 g/mol. The van der Waals surface area contributed by atoms with Crippen LogP contribution in [0.5, 0.6) is 0 Å². The smallest absolute Gasteiger partial charge is 0.270 e. The Balaban J connectivity index is 1.43. The highest BCUT2D eigenvalue weighted by Gasteiger charge is 2.34. The third-order valence-corrected chi connectivity index (χ3v) is 8.92. The Hall–Kier alpha value is -1.07. The molecule has 30 heavy (non-hydrogen) atoms. The number of hydrogen-bond donors (Lipinski definition) is 1. The number of amides is 1. The summed E-state index contributed by atoms with van der Waals surface area (Å²) in [6, 6.07) is 1.66. The van der Waals surface area contributed by atoms with Crippen molar-refractivity contribution in [1.29, 1.82) is 0 Å². The van der Waals surface area contributed by atoms with Gasteiger partial charge in [0.25, 0.3) is 5.91 Å². The van der Waals surface area contributed by atoms with Gasteiger partial charge < -0.3 is 14.6 Å². The topological polar surface area (TPSA) is 86.0 Å². The van der Waals surface area contributed by atoms with Crippen molar-refractivity contribution in [2.45, 2.75) is 49.8 Å². The second-order valence-corrected chi connectivity index (χ2v) is 11.7. The van der Waals surface area contributed by atoms with E-state index in [1.807, 2.05) is 4.90 Å². The van der Waals surface area contributed by atoms with Crippen molar-refractivity contribution in [3.8, 4) is 0 Å². The van der Waals surface area contributed by atoms with E-state index in [1.54, 1.807) is 11.8 Å². The zero-order valence-electron chi connectivity index (χ0n) is 17.7. The lowest BCUT2D eigenvalue weighted by Gasteiger charge is -2.38. The number of nitrogens with one attached hydrogen (secondary N) is 1. The second kappa shape index (κ2) is 9.20. The van der Waals surface area contributed by atoms with Gasteiger partial charge in [0.2, 0.25) is 10.0 Å². The van der Waals surface area contributed by atoms with Crippen LogP contribution in [-0.2, 0) is 14.8 Å². The van der Waals surface area contributed by atoms with Gasteiger partial charge in [0.15, 0.2) is 0 Å². The lowest BCUT2D eigenvalue weighted by molar-refractivity contribution is -0.0715. The Morgan fingerprint density at radius 1 is 1.20 bits per heavy atom. The molecular weight excluding hydrogens is 424 g/mol. The molecule has 168 valence electrons. The molecule has 0 radical (unpaired) electrons. The first kappa shape index (κ1) is 22.1. The molecule has 1 N–H and O–H groups in total. The van der Waals surface area contributed by atoms with Gasteiger partial charge in [0, 0.05) is 63.0 Å². The van der Waals surface area contributed by atoms with Gasteiger partial charge in [0.05, 0.1) is 12.2 Å². The highest BCUT2D eigenvalue weighted by atomic mass is 32.2. The molecule has 0 spiro atoms. The predicted molar refractivity (Wildman–Crippen MR) is 117 cm³/mol. The van der Waals surface area contributed by atoms with Crippen LogP contribution in [0.3, 0.4) is 0 Å². The average Bonchev–Trinajstić information content (AvgIpc) is 3.37. The minimum absolute atomic E-state index is 0.109. The molecule has 0 aliphatic carbocycles. The Morgan fingerprint density at radius 3 is 2.60 bits per heavy atom. The fourth-order valence-corrected chi connectivity index (χ4v) is 7.33. The van der Waals surface area contributed by atoms with Crippen LogP contribution in [0.4, 0.5) is 0 Å². The van der Waals surface area contributed by atoms with Crippen LogP contribution in [0.15, 0.2) is 17.2 Å². The summed E-state index contributed by atoms with van der Waals surface area (Å²) in [4.78, 5) is 20.6. The van der Waals surface area contributed by atoms with E-state index in [4.69, 9.17) is 4.74 Å². The van der Waals surface area contributed by atoms with Crippen LogP contribution in [0.25, 0.3) is 0 Å². The van der Waals surface area contributed by atoms with E-state index in [9.17, 15) is 13.2 Å². The third-order valence-electron chi connectivity index (χ3n) is 6.10. The predicted octanol–water partition coefficient (Wildman–Crippen LogP) is 1.47. The Kier molecular flexibility index (Phi) is 6.79. The fraction of sp³-hybridized carbons (Fsp3) is 0.750. The SMILES string of the molecule is CC1CN(CC2CCCN2C(=O)c2cc(S(=O)(=O)N3CCSCC3)c[nH]2)CC(C)O1. The van der Waals surface area contributed by atoms with Gasteiger partial charge in [-0.3, -0.25) is 9.69 Å². The number of H-pyrrole nitrogens is 1. The Morgan fingerprint density at radius 2 is 1.90 bits per heavy atom. The molecule has 3 aliphatic rings. The van der Waals surface area contributed by atoms with Gasteiger partial charge in [0.1, 0.15) is 10.6 Å². The van der Waals surface area contributed by atoms with Crippen molar-refractivity contribution in [1.82, 2.24) is 19.1 Å². The lowest BCUT2D eigenvalue weighted by atomic mass is 10.1. The molecule has 1 aromatic heterocycles. The number of sulfonamides is 1. The van der Waals surface area contributed by atoms with E-state index in [0.29, 0.717) is 25.3 Å². The third kappa shape index (κ3) is 4.72. The maximum absolute atomic E-state index is 13.2. The maximum atomic E-state index is 13.2. The molecule has 4 heterocycles. The molecule has 0 saturated carbocycles. The first-order chi connectivity index (χ1) is 14.3. The van der Waals surface area contributed by atoms with Crippen LogP contribution in [0.2, 0.25) is 0 Å². The van der Waals surface area contributed by atoms with E-state index in [1.165, 1.54) is 16.6 Å². The minimum atomic E-state index is -3.55. The van der Waals surface area contributed by atoms with Gasteiger partial charge in [-0.1, -0.05) is 0 Å². The number of thioether (sulfide) groups is 1. The molecular formula is C20H32N4O4S2. The number of hydrogen-bond acceptors (Lipinski definition) is 6. The maximum Gasteiger partial charge on any atom is 0.270 e. The summed E-state index contributed by atoms with van der Waals surface area (Å²) in [5.74, 6) is 1.51. The van der Waals surface area contributed by atoms with E-state index >= 15 is 0 Å². The zero-order chi connectivity index (χ0) is 21.3. The molecule has 8 nitrogen and oxygen atoms in total. The van der Waals surface area contributed by atoms with Crippen molar-refractivity contribution >= 4 is 27.7 Å². The van der Waals surface area contributed by atoms with Gasteiger partial charge in [-0.25, -0.2) is 8.42 Å². The van der Waals surface area contributed by atoms with E-state index < -0.39 is 10.0 Å². The van der Waals surface area contributed by atoms with Crippen LogP contribution in [0, 0.1) is 0 Å². The quantitative estimate of drug-likeness (QED) is 0.722. The van der Waals surface area contributed by atoms with Gasteiger partial charge in [-0.15, -0.1) is 0 Å². The summed E-state index contributed by atoms with van der Waals surface area (Å²) in [6.45, 7) is 8.51. The number of likely N-dealkylation sites (tertiary alicyclic amines) is 1. The van der Waals surface area contributed by atoms with Crippen LogP contribution < -0.4 is 0 Å². The molecule has 3 fully saturated rings. The van der Waals surface area contributed by atoms with Gasteiger partial charge >= 0.3 is 0 Å². The molecule has 3 saturated heterocycles.